The molecular weight excluding hydrogens is 250 g/mol. The molecule has 96 valence electrons. The zero-order valence-electron chi connectivity index (χ0n) is 9.03. The predicted octanol–water partition coefficient (Wildman–Crippen LogP) is -0.531. The van der Waals surface area contributed by atoms with Crippen LogP contribution in [0.3, 0.4) is 0 Å². The molecule has 1 unspecified atom stereocenters. The molecule has 8 heteroatoms. The Morgan fingerprint density at radius 1 is 1.35 bits per heavy atom. The Morgan fingerprint density at radius 3 is 2.47 bits per heavy atom. The number of hydrogen-bond donors (Lipinski definition) is 1. The Hall–Kier alpha value is -1.31. The molecule has 0 aromatic rings. The van der Waals surface area contributed by atoms with Gasteiger partial charge in [0, 0.05) is 6.04 Å². The molecule has 0 aromatic heterocycles. The van der Waals surface area contributed by atoms with E-state index in [-0.39, 0.29) is 37.0 Å². The number of amides is 1. The first-order valence-electron chi connectivity index (χ1n) is 5.29. The van der Waals surface area contributed by atoms with Crippen LogP contribution >= 0.6 is 0 Å². The van der Waals surface area contributed by atoms with Crippen LogP contribution in [0, 0.1) is 0 Å². The van der Waals surface area contributed by atoms with Gasteiger partial charge in [-0.05, 0) is 12.8 Å². The van der Waals surface area contributed by atoms with E-state index in [0.717, 1.165) is 4.90 Å². The fraction of sp³-hybridized carbons (Fsp3) is 0.778. The summed E-state index contributed by atoms with van der Waals surface area (Å²) < 4.78 is 27.2. The van der Waals surface area contributed by atoms with E-state index in [0.29, 0.717) is 0 Å². The topological polar surface area (TPSA) is 101 Å². The molecule has 2 heterocycles. The Balaban J connectivity index is 2.11. The van der Waals surface area contributed by atoms with Crippen molar-refractivity contribution in [2.24, 2.45) is 0 Å². The third-order valence-electron chi connectivity index (χ3n) is 3.11. The van der Waals surface area contributed by atoms with Gasteiger partial charge in [-0.2, -0.15) is 0 Å². The van der Waals surface area contributed by atoms with E-state index in [1.165, 1.54) is 0 Å². The summed E-state index contributed by atoms with van der Waals surface area (Å²) in [5, 5.41) is 8.94. The number of rotatable bonds is 2. The Bertz CT molecular complexity index is 430. The number of sulfone groups is 1. The van der Waals surface area contributed by atoms with Crippen LogP contribution < -0.4 is 0 Å². The van der Waals surface area contributed by atoms with Gasteiger partial charge in [-0.15, -0.1) is 0 Å². The van der Waals surface area contributed by atoms with E-state index in [1.54, 1.807) is 0 Å². The van der Waals surface area contributed by atoms with Crippen LogP contribution in [0.25, 0.3) is 0 Å². The third kappa shape index (κ3) is 2.36. The lowest BCUT2D eigenvalue weighted by Crippen LogP contribution is -2.49. The normalized spacial score (nSPS) is 29.1. The molecular formula is C9H13NO6S. The average molecular weight is 263 g/mol. The van der Waals surface area contributed by atoms with Gasteiger partial charge in [0.05, 0.1) is 11.5 Å². The van der Waals surface area contributed by atoms with Crippen molar-refractivity contribution in [2.45, 2.75) is 24.9 Å². The lowest BCUT2D eigenvalue weighted by atomic mass is 10.1. The molecule has 2 fully saturated rings. The van der Waals surface area contributed by atoms with Gasteiger partial charge in [0.2, 0.25) is 0 Å². The third-order valence-corrected chi connectivity index (χ3v) is 4.83. The summed E-state index contributed by atoms with van der Waals surface area (Å²) in [5.74, 6) is -1.13. The molecule has 0 aliphatic carbocycles. The maximum absolute atomic E-state index is 11.4. The summed E-state index contributed by atoms with van der Waals surface area (Å²) in [5.41, 5.74) is 0. The first kappa shape index (κ1) is 12.2. The molecule has 1 atom stereocenters. The molecule has 1 amide bonds. The molecule has 0 spiro atoms. The quantitative estimate of drug-likeness (QED) is 0.718. The van der Waals surface area contributed by atoms with Gasteiger partial charge in [-0.3, -0.25) is 4.90 Å². The standard InChI is InChI=1S/C9H13NO6S/c11-8(12)7-5-16-9(13)10(7)6-1-3-17(14,15)4-2-6/h6-7H,1-5H2,(H,11,12). The SMILES string of the molecule is O=C(O)C1COC(=O)N1C1CCS(=O)(=O)CC1. The summed E-state index contributed by atoms with van der Waals surface area (Å²) in [4.78, 5) is 23.5. The van der Waals surface area contributed by atoms with Crippen molar-refractivity contribution in [2.75, 3.05) is 18.1 Å². The van der Waals surface area contributed by atoms with Crippen LogP contribution in [0.2, 0.25) is 0 Å². The minimum atomic E-state index is -3.03. The lowest BCUT2D eigenvalue weighted by molar-refractivity contribution is -0.142. The van der Waals surface area contributed by atoms with Crippen LogP contribution in [-0.4, -0.2) is 60.7 Å². The van der Waals surface area contributed by atoms with E-state index < -0.39 is 27.9 Å². The molecule has 2 aliphatic rings. The largest absolute Gasteiger partial charge is 0.480 e. The van der Waals surface area contributed by atoms with E-state index in [4.69, 9.17) is 9.84 Å². The highest BCUT2D eigenvalue weighted by Crippen LogP contribution is 2.24. The van der Waals surface area contributed by atoms with Crippen LogP contribution in [-0.2, 0) is 19.4 Å². The van der Waals surface area contributed by atoms with Gasteiger partial charge in [0.1, 0.15) is 16.4 Å². The number of aliphatic carboxylic acids is 1. The van der Waals surface area contributed by atoms with Crippen molar-refractivity contribution in [1.82, 2.24) is 4.90 Å². The molecule has 0 aromatic carbocycles. The molecule has 1 N–H and O–H groups in total. The molecule has 7 nitrogen and oxygen atoms in total. The number of ether oxygens (including phenoxy) is 1. The molecule has 17 heavy (non-hydrogen) atoms. The highest BCUT2D eigenvalue weighted by molar-refractivity contribution is 7.91. The summed E-state index contributed by atoms with van der Waals surface area (Å²) >= 11 is 0. The summed E-state index contributed by atoms with van der Waals surface area (Å²) in [7, 11) is -3.03. The summed E-state index contributed by atoms with van der Waals surface area (Å²) in [6, 6.07) is -1.34. The average Bonchev–Trinajstić information content (AvgIpc) is 2.61. The number of carboxylic acid groups (broad SMARTS) is 1. The van der Waals surface area contributed by atoms with Crippen molar-refractivity contribution in [3.63, 3.8) is 0 Å². The molecule has 2 aliphatic heterocycles. The van der Waals surface area contributed by atoms with E-state index in [1.807, 2.05) is 0 Å². The Kier molecular flexibility index (Phi) is 2.98. The van der Waals surface area contributed by atoms with Crippen LogP contribution in [0.5, 0.6) is 0 Å². The number of carbonyl (C=O) groups is 2. The second kappa shape index (κ2) is 4.17. The van der Waals surface area contributed by atoms with Crippen LogP contribution in [0.15, 0.2) is 0 Å². The van der Waals surface area contributed by atoms with Crippen LogP contribution in [0.4, 0.5) is 4.79 Å². The molecule has 2 rings (SSSR count). The van der Waals surface area contributed by atoms with Crippen molar-refractivity contribution >= 4 is 21.9 Å². The highest BCUT2D eigenvalue weighted by Gasteiger charge is 2.43. The maximum Gasteiger partial charge on any atom is 0.410 e. The van der Waals surface area contributed by atoms with Gasteiger partial charge in [-0.1, -0.05) is 0 Å². The Morgan fingerprint density at radius 2 is 1.94 bits per heavy atom. The van der Waals surface area contributed by atoms with Crippen molar-refractivity contribution < 1.29 is 27.9 Å². The first-order valence-corrected chi connectivity index (χ1v) is 7.11. The minimum absolute atomic E-state index is 0.00616. The van der Waals surface area contributed by atoms with Crippen molar-refractivity contribution in [3.8, 4) is 0 Å². The zero-order chi connectivity index (χ0) is 12.6. The van der Waals surface area contributed by atoms with Gasteiger partial charge in [-0.25, -0.2) is 18.0 Å². The lowest BCUT2D eigenvalue weighted by Gasteiger charge is -2.31. The molecule has 2 saturated heterocycles. The smallest absolute Gasteiger partial charge is 0.410 e. The van der Waals surface area contributed by atoms with Crippen molar-refractivity contribution in [1.29, 1.82) is 0 Å². The van der Waals surface area contributed by atoms with Gasteiger partial charge in [0.25, 0.3) is 0 Å². The first-order chi connectivity index (χ1) is 7.91. The number of carboxylic acids is 1. The number of nitrogens with zero attached hydrogens (tertiary/aromatic N) is 1. The fourth-order valence-electron chi connectivity index (χ4n) is 2.18. The highest BCUT2D eigenvalue weighted by atomic mass is 32.2. The summed E-state index contributed by atoms with van der Waals surface area (Å²) in [6.07, 6.45) is -0.107. The molecule has 0 bridgehead atoms. The molecule has 0 saturated carbocycles. The number of cyclic esters (lactones) is 1. The van der Waals surface area contributed by atoms with Gasteiger partial charge < -0.3 is 9.84 Å². The van der Waals surface area contributed by atoms with E-state index in [2.05, 4.69) is 0 Å². The van der Waals surface area contributed by atoms with Gasteiger partial charge >= 0.3 is 12.1 Å². The predicted molar refractivity (Wildman–Crippen MR) is 56.3 cm³/mol. The van der Waals surface area contributed by atoms with E-state index >= 15 is 0 Å². The number of carbonyl (C=O) groups excluding carboxylic acids is 1. The minimum Gasteiger partial charge on any atom is -0.480 e. The zero-order valence-corrected chi connectivity index (χ0v) is 9.85. The summed E-state index contributed by atoms with van der Waals surface area (Å²) in [6.45, 7) is -0.169. The fourth-order valence-corrected chi connectivity index (χ4v) is 3.65. The monoisotopic (exact) mass is 263 g/mol. The van der Waals surface area contributed by atoms with Gasteiger partial charge in [0.15, 0.2) is 6.04 Å². The second-order valence-corrected chi connectivity index (χ2v) is 6.52. The maximum atomic E-state index is 11.4. The van der Waals surface area contributed by atoms with Crippen molar-refractivity contribution in [3.05, 3.63) is 0 Å². The Labute approximate surface area is 98.3 Å². The molecule has 0 radical (unpaired) electrons. The second-order valence-electron chi connectivity index (χ2n) is 4.22. The number of hydrogen-bond acceptors (Lipinski definition) is 5. The van der Waals surface area contributed by atoms with E-state index in [9.17, 15) is 18.0 Å². The van der Waals surface area contributed by atoms with Crippen LogP contribution in [0.1, 0.15) is 12.8 Å².